The second kappa shape index (κ2) is 4.86. The molecule has 2 rings (SSSR count). The number of nitrogens with zero attached hydrogens (tertiary/aromatic N) is 2. The minimum atomic E-state index is 0.686. The summed E-state index contributed by atoms with van der Waals surface area (Å²) in [7, 11) is 0. The van der Waals surface area contributed by atoms with E-state index in [1.54, 1.807) is 10.9 Å². The summed E-state index contributed by atoms with van der Waals surface area (Å²) in [5.74, 6) is 0.953. The van der Waals surface area contributed by atoms with Gasteiger partial charge in [0.2, 0.25) is 0 Å². The van der Waals surface area contributed by atoms with Gasteiger partial charge in [0.05, 0.1) is 6.54 Å². The van der Waals surface area contributed by atoms with E-state index in [2.05, 4.69) is 10.4 Å². The Bertz CT molecular complexity index is 340. The molecule has 0 fully saturated rings. The summed E-state index contributed by atoms with van der Waals surface area (Å²) in [5, 5.41) is 7.22. The molecule has 74 valence electrons. The molecule has 1 aromatic heterocycles. The zero-order chi connectivity index (χ0) is 10.4. The number of carbonyl (C=O) groups excluding carboxylic acids is 1. The molecule has 0 spiro atoms. The van der Waals surface area contributed by atoms with Crippen molar-refractivity contribution in [1.82, 2.24) is 15.1 Å². The van der Waals surface area contributed by atoms with Crippen molar-refractivity contribution in [3.63, 3.8) is 0 Å². The van der Waals surface area contributed by atoms with E-state index in [4.69, 9.17) is 10.5 Å². The Morgan fingerprint density at radius 1 is 1.50 bits per heavy atom. The number of dihydropyridines is 1. The van der Waals surface area contributed by atoms with E-state index in [-0.39, 0.29) is 0 Å². The molecule has 0 aliphatic carbocycles. The van der Waals surface area contributed by atoms with Gasteiger partial charge in [-0.05, 0) is 18.2 Å². The topological polar surface area (TPSA) is 72.9 Å². The summed E-state index contributed by atoms with van der Waals surface area (Å²) in [6, 6.07) is 1.88. The van der Waals surface area contributed by atoms with Crippen LogP contribution in [-0.2, 0) is 4.79 Å². The number of carbonyl (C=O) groups is 1. The van der Waals surface area contributed by atoms with Crippen LogP contribution in [0, 0.1) is 0 Å². The zero-order valence-corrected chi connectivity index (χ0v) is 7.68. The van der Waals surface area contributed by atoms with Crippen molar-refractivity contribution >= 4 is 12.6 Å². The highest BCUT2D eigenvalue weighted by atomic mass is 16.1. The minimum absolute atomic E-state index is 0.686. The number of hydrogen-bond acceptors (Lipinski definition) is 4. The molecule has 2 heterocycles. The normalized spacial score (nSPS) is 14.3. The summed E-state index contributed by atoms with van der Waals surface area (Å²) in [6.07, 6.45) is 7.41. The van der Waals surface area contributed by atoms with E-state index in [1.165, 1.54) is 0 Å². The molecule has 3 N–H and O–H groups in total. The Labute approximate surface area is 81.9 Å². The van der Waals surface area contributed by atoms with Crippen molar-refractivity contribution in [1.29, 1.82) is 0 Å². The number of rotatable bonds is 1. The number of nitrogens with one attached hydrogen (secondary N) is 1. The molecule has 0 bridgehead atoms. The van der Waals surface area contributed by atoms with Crippen molar-refractivity contribution in [2.24, 2.45) is 5.73 Å². The molecule has 1 aromatic rings. The fraction of sp³-hybridized carbons (Fsp3) is 0.111. The summed E-state index contributed by atoms with van der Waals surface area (Å²) in [6.45, 7) is 2.69. The maximum atomic E-state index is 8.00. The summed E-state index contributed by atoms with van der Waals surface area (Å²) >= 11 is 0. The van der Waals surface area contributed by atoms with Crippen LogP contribution in [0.1, 0.15) is 0 Å². The van der Waals surface area contributed by atoms with Crippen LogP contribution < -0.4 is 11.1 Å². The van der Waals surface area contributed by atoms with Crippen LogP contribution in [0.5, 0.6) is 0 Å². The Hall–Kier alpha value is -2.04. The van der Waals surface area contributed by atoms with Gasteiger partial charge < -0.3 is 15.8 Å². The van der Waals surface area contributed by atoms with Gasteiger partial charge in [0, 0.05) is 18.1 Å². The lowest BCUT2D eigenvalue weighted by Crippen LogP contribution is -2.25. The molecule has 14 heavy (non-hydrogen) atoms. The molecule has 1 aliphatic heterocycles. The highest BCUT2D eigenvalue weighted by Gasteiger charge is 2.02. The average Bonchev–Trinajstić information content (AvgIpc) is 2.75. The molecule has 5 heteroatoms. The molecule has 1 aliphatic rings. The van der Waals surface area contributed by atoms with Crippen LogP contribution >= 0.6 is 0 Å². The minimum Gasteiger partial charge on any atom is -0.401 e. The first-order valence-electron chi connectivity index (χ1n) is 4.05. The average molecular weight is 192 g/mol. The predicted molar refractivity (Wildman–Crippen MR) is 53.9 cm³/mol. The van der Waals surface area contributed by atoms with E-state index < -0.39 is 0 Å². The molecular formula is C9H12N4O. The van der Waals surface area contributed by atoms with Crippen molar-refractivity contribution in [2.45, 2.75) is 0 Å². The highest BCUT2D eigenvalue weighted by Crippen LogP contribution is 2.03. The van der Waals surface area contributed by atoms with Crippen LogP contribution in [0.25, 0.3) is 5.82 Å². The van der Waals surface area contributed by atoms with Crippen LogP contribution in [-0.4, -0.2) is 23.1 Å². The van der Waals surface area contributed by atoms with Gasteiger partial charge in [-0.2, -0.15) is 5.10 Å². The van der Waals surface area contributed by atoms with E-state index in [9.17, 15) is 0 Å². The van der Waals surface area contributed by atoms with Gasteiger partial charge in [0.1, 0.15) is 12.6 Å². The molecule has 5 nitrogen and oxygen atoms in total. The van der Waals surface area contributed by atoms with Crippen LogP contribution in [0.2, 0.25) is 0 Å². The third-order valence-electron chi connectivity index (χ3n) is 1.68. The first-order valence-corrected chi connectivity index (χ1v) is 4.05. The number of aromatic nitrogens is 2. The lowest BCUT2D eigenvalue weighted by molar-refractivity contribution is -0.0979. The highest BCUT2D eigenvalue weighted by molar-refractivity contribution is 5.48. The van der Waals surface area contributed by atoms with E-state index in [0.717, 1.165) is 11.5 Å². The zero-order valence-electron chi connectivity index (χ0n) is 7.68. The van der Waals surface area contributed by atoms with Crippen molar-refractivity contribution in [3.05, 3.63) is 36.3 Å². The van der Waals surface area contributed by atoms with E-state index in [1.807, 2.05) is 31.2 Å². The Morgan fingerprint density at radius 3 is 2.79 bits per heavy atom. The molecule has 0 aromatic carbocycles. The third kappa shape index (κ3) is 2.22. The van der Waals surface area contributed by atoms with E-state index >= 15 is 0 Å². The molecule has 0 unspecified atom stereocenters. The number of nitrogens with two attached hydrogens (primary N) is 1. The lowest BCUT2D eigenvalue weighted by atomic mass is 10.3. The number of hydrogen-bond donors (Lipinski definition) is 2. The van der Waals surface area contributed by atoms with Gasteiger partial charge >= 0.3 is 0 Å². The smallest absolute Gasteiger partial charge is 0.127 e. The van der Waals surface area contributed by atoms with Crippen LogP contribution in [0.4, 0.5) is 0 Å². The molecule has 0 radical (unpaired) electrons. The van der Waals surface area contributed by atoms with Crippen molar-refractivity contribution < 1.29 is 4.79 Å². The summed E-state index contributed by atoms with van der Waals surface area (Å²) in [5.41, 5.74) is 6.41. The maximum absolute atomic E-state index is 8.00. The summed E-state index contributed by atoms with van der Waals surface area (Å²) in [4.78, 5) is 8.00. The molecule has 0 atom stereocenters. The monoisotopic (exact) mass is 192 g/mol. The Morgan fingerprint density at radius 2 is 2.29 bits per heavy atom. The molecular weight excluding hydrogens is 180 g/mol. The third-order valence-corrected chi connectivity index (χ3v) is 1.68. The van der Waals surface area contributed by atoms with Gasteiger partial charge in [-0.3, -0.25) is 0 Å². The van der Waals surface area contributed by atoms with Gasteiger partial charge in [-0.1, -0.05) is 0 Å². The van der Waals surface area contributed by atoms with Crippen molar-refractivity contribution in [2.75, 3.05) is 6.54 Å². The molecule has 0 saturated carbocycles. The van der Waals surface area contributed by atoms with Crippen LogP contribution in [0.3, 0.4) is 0 Å². The lowest BCUT2D eigenvalue weighted by Gasteiger charge is -2.14. The summed E-state index contributed by atoms with van der Waals surface area (Å²) < 4.78 is 1.77. The van der Waals surface area contributed by atoms with Gasteiger partial charge in [0.15, 0.2) is 0 Å². The fourth-order valence-corrected chi connectivity index (χ4v) is 1.07. The standard InChI is InChI=1S/C8H10N4.CH2O/c9-7-2-3-8(10-6-7)12-5-1-4-11-12;1-2/h1-5,10H,6,9H2;1H2. The predicted octanol–water partition coefficient (Wildman–Crippen LogP) is -0.0576. The second-order valence-corrected chi connectivity index (χ2v) is 2.60. The molecule has 0 amide bonds. The van der Waals surface area contributed by atoms with Crippen LogP contribution in [0.15, 0.2) is 36.3 Å². The fourth-order valence-electron chi connectivity index (χ4n) is 1.07. The second-order valence-electron chi connectivity index (χ2n) is 2.60. The Balaban J connectivity index is 0.000000461. The first kappa shape index (κ1) is 10.0. The SMILES string of the molecule is C=O.NC1=CC=C(n2cccn2)NC1. The first-order chi connectivity index (χ1) is 6.86. The van der Waals surface area contributed by atoms with Gasteiger partial charge in [-0.25, -0.2) is 4.68 Å². The van der Waals surface area contributed by atoms with Gasteiger partial charge in [0.25, 0.3) is 0 Å². The van der Waals surface area contributed by atoms with Gasteiger partial charge in [-0.15, -0.1) is 0 Å². The number of allylic oxidation sites excluding steroid dienone is 2. The molecule has 0 saturated heterocycles. The maximum Gasteiger partial charge on any atom is 0.127 e. The van der Waals surface area contributed by atoms with Crippen molar-refractivity contribution in [3.8, 4) is 0 Å². The largest absolute Gasteiger partial charge is 0.401 e. The van der Waals surface area contributed by atoms with E-state index in [0.29, 0.717) is 6.54 Å². The Kier molecular flexibility index (Phi) is 3.49. The quantitative estimate of drug-likeness (QED) is 0.654.